The normalized spacial score (nSPS) is 15.4. The number of benzene rings is 3. The smallest absolute Gasteiger partial charge is 0.259 e. The van der Waals surface area contributed by atoms with Crippen LogP contribution in [0, 0.1) is 6.92 Å². The van der Waals surface area contributed by atoms with Crippen LogP contribution in [-0.4, -0.2) is 18.8 Å². The topological polar surface area (TPSA) is 46.6 Å². The molecule has 0 bridgehead atoms. The van der Waals surface area contributed by atoms with Crippen molar-refractivity contribution in [1.29, 1.82) is 0 Å². The molecule has 0 aliphatic carbocycles. The monoisotopic (exact) mass is 371 g/mol. The molecule has 0 fully saturated rings. The molecule has 28 heavy (non-hydrogen) atoms. The average molecular weight is 371 g/mol. The van der Waals surface area contributed by atoms with Crippen molar-refractivity contribution < 1.29 is 14.3 Å². The SMILES string of the molecule is COc1ccc(C(=O)CC2c3ccccc3C(=O)N2c2ccc(C)cc2)cc1. The maximum Gasteiger partial charge on any atom is 0.259 e. The summed E-state index contributed by atoms with van der Waals surface area (Å²) in [5, 5.41) is 0. The predicted molar refractivity (Wildman–Crippen MR) is 109 cm³/mol. The quantitative estimate of drug-likeness (QED) is 0.594. The van der Waals surface area contributed by atoms with Crippen LogP contribution in [0.15, 0.2) is 72.8 Å². The van der Waals surface area contributed by atoms with Crippen molar-refractivity contribution in [2.75, 3.05) is 12.0 Å². The van der Waals surface area contributed by atoms with Crippen molar-refractivity contribution in [3.05, 3.63) is 95.1 Å². The highest BCUT2D eigenvalue weighted by Gasteiger charge is 2.38. The largest absolute Gasteiger partial charge is 0.497 e. The molecular formula is C24H21NO3. The van der Waals surface area contributed by atoms with Crippen molar-refractivity contribution in [1.82, 2.24) is 0 Å². The van der Waals surface area contributed by atoms with Gasteiger partial charge in [0.2, 0.25) is 0 Å². The van der Waals surface area contributed by atoms with Gasteiger partial charge in [0.1, 0.15) is 5.75 Å². The van der Waals surface area contributed by atoms with Crippen LogP contribution in [0.2, 0.25) is 0 Å². The van der Waals surface area contributed by atoms with Gasteiger partial charge in [-0.15, -0.1) is 0 Å². The van der Waals surface area contributed by atoms with E-state index < -0.39 is 0 Å². The fourth-order valence-corrected chi connectivity index (χ4v) is 3.67. The number of rotatable bonds is 5. The summed E-state index contributed by atoms with van der Waals surface area (Å²) in [6.45, 7) is 2.01. The lowest BCUT2D eigenvalue weighted by atomic mass is 9.97. The number of carbonyl (C=O) groups excluding carboxylic acids is 2. The van der Waals surface area contributed by atoms with Gasteiger partial charge in [0.25, 0.3) is 5.91 Å². The summed E-state index contributed by atoms with van der Waals surface area (Å²) < 4.78 is 5.16. The van der Waals surface area contributed by atoms with Gasteiger partial charge in [0.15, 0.2) is 5.78 Å². The van der Waals surface area contributed by atoms with Crippen LogP contribution in [0.25, 0.3) is 0 Å². The van der Waals surface area contributed by atoms with Crippen molar-refractivity contribution in [3.8, 4) is 5.75 Å². The zero-order valence-electron chi connectivity index (χ0n) is 15.9. The van der Waals surface area contributed by atoms with Gasteiger partial charge >= 0.3 is 0 Å². The lowest BCUT2D eigenvalue weighted by Gasteiger charge is -2.25. The first-order chi connectivity index (χ1) is 13.6. The number of methoxy groups -OCH3 is 1. The molecule has 1 heterocycles. The molecule has 0 N–H and O–H groups in total. The van der Waals surface area contributed by atoms with E-state index in [1.807, 2.05) is 55.5 Å². The number of carbonyl (C=O) groups is 2. The van der Waals surface area contributed by atoms with Crippen LogP contribution in [0.4, 0.5) is 5.69 Å². The second kappa shape index (κ2) is 7.31. The van der Waals surface area contributed by atoms with Gasteiger partial charge in [0, 0.05) is 23.2 Å². The second-order valence-electron chi connectivity index (χ2n) is 6.97. The number of hydrogen-bond donors (Lipinski definition) is 0. The molecule has 0 spiro atoms. The molecule has 1 aliphatic rings. The van der Waals surface area contributed by atoms with Gasteiger partial charge in [-0.25, -0.2) is 0 Å². The zero-order chi connectivity index (χ0) is 19.7. The van der Waals surface area contributed by atoms with E-state index >= 15 is 0 Å². The molecule has 1 aliphatic heterocycles. The highest BCUT2D eigenvalue weighted by molar-refractivity contribution is 6.12. The summed E-state index contributed by atoms with van der Waals surface area (Å²) in [5.74, 6) is 0.639. The first-order valence-corrected chi connectivity index (χ1v) is 9.25. The van der Waals surface area contributed by atoms with E-state index in [1.54, 1.807) is 36.3 Å². The Balaban J connectivity index is 1.69. The molecule has 0 radical (unpaired) electrons. The standard InChI is InChI=1S/C24H21NO3/c1-16-7-11-18(12-8-16)25-22(20-5-3-4-6-21(20)24(25)27)15-23(26)17-9-13-19(28-2)14-10-17/h3-14,22H,15H2,1-2H3. The molecule has 0 aromatic heterocycles. The Hall–Kier alpha value is -3.40. The number of fused-ring (bicyclic) bond motifs is 1. The molecule has 3 aromatic rings. The molecule has 1 unspecified atom stereocenters. The third-order valence-corrected chi connectivity index (χ3v) is 5.18. The Morgan fingerprint density at radius 1 is 0.964 bits per heavy atom. The van der Waals surface area contributed by atoms with Crippen LogP contribution in [-0.2, 0) is 0 Å². The van der Waals surface area contributed by atoms with Crippen LogP contribution >= 0.6 is 0 Å². The summed E-state index contributed by atoms with van der Waals surface area (Å²) in [6.07, 6.45) is 0.225. The zero-order valence-corrected chi connectivity index (χ0v) is 15.9. The minimum absolute atomic E-state index is 0.00531. The lowest BCUT2D eigenvalue weighted by Crippen LogP contribution is -2.29. The Kier molecular flexibility index (Phi) is 4.70. The Bertz CT molecular complexity index is 1020. The van der Waals surface area contributed by atoms with E-state index in [2.05, 4.69) is 0 Å². The third kappa shape index (κ3) is 3.18. The maximum absolute atomic E-state index is 13.1. The Morgan fingerprint density at radius 3 is 2.32 bits per heavy atom. The summed E-state index contributed by atoms with van der Waals surface area (Å²) in [4.78, 5) is 27.8. The first-order valence-electron chi connectivity index (χ1n) is 9.25. The molecule has 4 heteroatoms. The molecule has 0 saturated heterocycles. The number of aryl methyl sites for hydroxylation is 1. The van der Waals surface area contributed by atoms with E-state index in [0.29, 0.717) is 16.9 Å². The Labute approximate surface area is 164 Å². The van der Waals surface area contributed by atoms with Gasteiger partial charge in [-0.2, -0.15) is 0 Å². The molecule has 4 rings (SSSR count). The number of anilines is 1. The minimum atomic E-state index is -0.319. The van der Waals surface area contributed by atoms with Crippen molar-refractivity contribution in [2.24, 2.45) is 0 Å². The Morgan fingerprint density at radius 2 is 1.64 bits per heavy atom. The number of Topliss-reactive ketones (excluding diaryl/α,β-unsaturated/α-hetero) is 1. The van der Waals surface area contributed by atoms with Crippen molar-refractivity contribution >= 4 is 17.4 Å². The van der Waals surface area contributed by atoms with E-state index in [-0.39, 0.29) is 24.2 Å². The van der Waals surface area contributed by atoms with Crippen molar-refractivity contribution in [2.45, 2.75) is 19.4 Å². The van der Waals surface area contributed by atoms with Gasteiger partial charge < -0.3 is 9.64 Å². The molecule has 3 aromatic carbocycles. The van der Waals surface area contributed by atoms with Crippen LogP contribution in [0.1, 0.15) is 44.3 Å². The van der Waals surface area contributed by atoms with Crippen molar-refractivity contribution in [3.63, 3.8) is 0 Å². The molecule has 140 valence electrons. The number of hydrogen-bond acceptors (Lipinski definition) is 3. The fraction of sp³-hybridized carbons (Fsp3) is 0.167. The van der Waals surface area contributed by atoms with E-state index in [4.69, 9.17) is 4.74 Å². The molecule has 4 nitrogen and oxygen atoms in total. The van der Waals surface area contributed by atoms with E-state index in [0.717, 1.165) is 16.8 Å². The molecule has 1 amide bonds. The lowest BCUT2D eigenvalue weighted by molar-refractivity contribution is 0.0960. The maximum atomic E-state index is 13.1. The van der Waals surface area contributed by atoms with E-state index in [9.17, 15) is 9.59 Å². The number of ether oxygens (including phenoxy) is 1. The van der Waals surface area contributed by atoms with Gasteiger partial charge in [0.05, 0.1) is 13.2 Å². The highest BCUT2D eigenvalue weighted by Crippen LogP contribution is 2.40. The fourth-order valence-electron chi connectivity index (χ4n) is 3.67. The first kappa shape index (κ1) is 18.0. The summed E-state index contributed by atoms with van der Waals surface area (Å²) in [7, 11) is 1.59. The van der Waals surface area contributed by atoms with E-state index in [1.165, 1.54) is 0 Å². The van der Waals surface area contributed by atoms with Gasteiger partial charge in [-0.05, 0) is 55.0 Å². The number of nitrogens with zero attached hydrogens (tertiary/aromatic N) is 1. The average Bonchev–Trinajstić information content (AvgIpc) is 3.01. The number of amides is 1. The molecule has 1 atom stereocenters. The second-order valence-corrected chi connectivity index (χ2v) is 6.97. The van der Waals surface area contributed by atoms with Crippen LogP contribution < -0.4 is 9.64 Å². The predicted octanol–water partition coefficient (Wildman–Crippen LogP) is 4.98. The third-order valence-electron chi connectivity index (χ3n) is 5.18. The highest BCUT2D eigenvalue weighted by atomic mass is 16.5. The summed E-state index contributed by atoms with van der Waals surface area (Å²) in [5.41, 5.74) is 4.10. The van der Waals surface area contributed by atoms with Gasteiger partial charge in [-0.3, -0.25) is 9.59 Å². The summed E-state index contributed by atoms with van der Waals surface area (Å²) in [6, 6.07) is 22.1. The molecular weight excluding hydrogens is 350 g/mol. The minimum Gasteiger partial charge on any atom is -0.497 e. The molecule has 0 saturated carbocycles. The summed E-state index contributed by atoms with van der Waals surface area (Å²) >= 11 is 0. The number of ketones is 1. The van der Waals surface area contributed by atoms with Crippen LogP contribution in [0.3, 0.4) is 0 Å². The van der Waals surface area contributed by atoms with Crippen LogP contribution in [0.5, 0.6) is 5.75 Å². The van der Waals surface area contributed by atoms with Gasteiger partial charge in [-0.1, -0.05) is 35.9 Å².